The van der Waals surface area contributed by atoms with Crippen LogP contribution in [0, 0.1) is 11.3 Å². The number of rotatable bonds is 12. The van der Waals surface area contributed by atoms with Crippen molar-refractivity contribution in [2.24, 2.45) is 11.3 Å². The summed E-state index contributed by atoms with van der Waals surface area (Å²) in [5.41, 5.74) is -0.635. The quantitative estimate of drug-likeness (QED) is 0.108. The molecule has 0 aromatic carbocycles. The minimum absolute atomic E-state index is 0.0257. The van der Waals surface area contributed by atoms with E-state index in [1.54, 1.807) is 0 Å². The van der Waals surface area contributed by atoms with Gasteiger partial charge in [-0.1, -0.05) is 39.8 Å². The molecule has 6 atom stereocenters. The van der Waals surface area contributed by atoms with E-state index in [1.807, 2.05) is 65.8 Å². The predicted molar refractivity (Wildman–Crippen MR) is 140 cm³/mol. The molecular weight excluding hydrogens is 464 g/mol. The van der Waals surface area contributed by atoms with Gasteiger partial charge in [0.2, 0.25) is 0 Å². The normalized spacial score (nSPS) is 24.3. The SMILES string of the molecule is CCOC(C)O[C@@H](C/C=C/[C@@H]1OC(O[Si](C)(C)C(C)(C)C)C=C[C@@H]1OC(=O)C(C)(C)C)[C@@H](C)C=O. The van der Waals surface area contributed by atoms with E-state index >= 15 is 0 Å². The van der Waals surface area contributed by atoms with Crippen LogP contribution < -0.4 is 0 Å². The van der Waals surface area contributed by atoms with Gasteiger partial charge in [-0.2, -0.15) is 0 Å². The average molecular weight is 513 g/mol. The van der Waals surface area contributed by atoms with Crippen LogP contribution in [0.1, 0.15) is 68.7 Å². The summed E-state index contributed by atoms with van der Waals surface area (Å²) in [4.78, 5) is 24.0. The molecule has 0 aliphatic carbocycles. The van der Waals surface area contributed by atoms with Crippen molar-refractivity contribution in [1.29, 1.82) is 0 Å². The molecule has 1 aliphatic heterocycles. The summed E-state index contributed by atoms with van der Waals surface area (Å²) >= 11 is 0. The fraction of sp³-hybridized carbons (Fsp3) is 0.778. The minimum Gasteiger partial charge on any atom is -0.455 e. The van der Waals surface area contributed by atoms with Crippen molar-refractivity contribution < 1.29 is 33.0 Å². The molecule has 1 aliphatic rings. The zero-order valence-electron chi connectivity index (χ0n) is 23.6. The van der Waals surface area contributed by atoms with Crippen LogP contribution in [-0.4, -0.2) is 58.1 Å². The Hall–Kier alpha value is -1.32. The van der Waals surface area contributed by atoms with Crippen LogP contribution in [0.2, 0.25) is 18.1 Å². The molecule has 0 N–H and O–H groups in total. The first-order chi connectivity index (χ1) is 16.0. The lowest BCUT2D eigenvalue weighted by atomic mass is 9.97. The van der Waals surface area contributed by atoms with Gasteiger partial charge in [0.15, 0.2) is 20.9 Å². The Morgan fingerprint density at radius 2 is 1.74 bits per heavy atom. The maximum atomic E-state index is 12.6. The molecule has 0 saturated carbocycles. The fourth-order valence-corrected chi connectivity index (χ4v) is 4.10. The van der Waals surface area contributed by atoms with Gasteiger partial charge in [-0.3, -0.25) is 4.79 Å². The number of hydrogen-bond acceptors (Lipinski definition) is 7. The maximum Gasteiger partial charge on any atom is 0.311 e. The summed E-state index contributed by atoms with van der Waals surface area (Å²) in [6, 6.07) is 0. The number of carbonyl (C=O) groups is 2. The molecule has 2 unspecified atom stereocenters. The Balaban J connectivity index is 3.07. The Morgan fingerprint density at radius 3 is 2.26 bits per heavy atom. The lowest BCUT2D eigenvalue weighted by Crippen LogP contribution is -2.47. The Bertz CT molecular complexity index is 733. The van der Waals surface area contributed by atoms with Crippen LogP contribution in [0.4, 0.5) is 0 Å². The van der Waals surface area contributed by atoms with E-state index in [0.29, 0.717) is 13.0 Å². The highest BCUT2D eigenvalue weighted by Gasteiger charge is 2.41. The van der Waals surface area contributed by atoms with Crippen LogP contribution in [0.15, 0.2) is 24.3 Å². The second kappa shape index (κ2) is 13.3. The summed E-state index contributed by atoms with van der Waals surface area (Å²) in [6.07, 6.45) is 6.41. The van der Waals surface area contributed by atoms with Crippen LogP contribution in [-0.2, 0) is 33.0 Å². The Morgan fingerprint density at radius 1 is 1.11 bits per heavy atom. The van der Waals surface area contributed by atoms with Gasteiger partial charge in [0.1, 0.15) is 18.5 Å². The third kappa shape index (κ3) is 10.3. The first kappa shape index (κ1) is 31.7. The summed E-state index contributed by atoms with van der Waals surface area (Å²) in [5.74, 6) is -0.613. The number of hydrogen-bond donors (Lipinski definition) is 0. The van der Waals surface area contributed by atoms with Gasteiger partial charge >= 0.3 is 5.97 Å². The second-order valence-corrected chi connectivity index (χ2v) is 16.5. The molecule has 0 aromatic heterocycles. The maximum absolute atomic E-state index is 12.6. The van der Waals surface area contributed by atoms with Crippen LogP contribution in [0.5, 0.6) is 0 Å². The zero-order chi connectivity index (χ0) is 27.0. The molecule has 1 rings (SSSR count). The number of aldehydes is 1. The second-order valence-electron chi connectivity index (χ2n) is 11.7. The predicted octanol–water partition coefficient (Wildman–Crippen LogP) is 5.80. The van der Waals surface area contributed by atoms with Gasteiger partial charge < -0.3 is 28.2 Å². The van der Waals surface area contributed by atoms with Crippen molar-refractivity contribution in [3.05, 3.63) is 24.3 Å². The third-order valence-corrected chi connectivity index (χ3v) is 10.8. The van der Waals surface area contributed by atoms with Crippen LogP contribution in [0.25, 0.3) is 0 Å². The molecule has 7 nitrogen and oxygen atoms in total. The summed E-state index contributed by atoms with van der Waals surface area (Å²) in [5, 5.41) is 0.0257. The lowest BCUT2D eigenvalue weighted by Gasteiger charge is -2.40. The van der Waals surface area contributed by atoms with Gasteiger partial charge in [0, 0.05) is 12.5 Å². The van der Waals surface area contributed by atoms with E-state index in [0.717, 1.165) is 6.29 Å². The highest BCUT2D eigenvalue weighted by molar-refractivity contribution is 6.74. The van der Waals surface area contributed by atoms with Gasteiger partial charge in [-0.05, 0) is 71.3 Å². The smallest absolute Gasteiger partial charge is 0.311 e. The van der Waals surface area contributed by atoms with Crippen molar-refractivity contribution in [2.75, 3.05) is 6.61 Å². The average Bonchev–Trinajstić information content (AvgIpc) is 2.72. The molecular formula is C27H48O7Si. The topological polar surface area (TPSA) is 80.3 Å². The van der Waals surface area contributed by atoms with Crippen LogP contribution in [0.3, 0.4) is 0 Å². The van der Waals surface area contributed by atoms with Crippen molar-refractivity contribution in [3.63, 3.8) is 0 Å². The van der Waals surface area contributed by atoms with E-state index in [9.17, 15) is 9.59 Å². The molecule has 0 radical (unpaired) electrons. The van der Waals surface area contributed by atoms with E-state index in [2.05, 4.69) is 33.9 Å². The number of ether oxygens (including phenoxy) is 4. The number of carbonyl (C=O) groups excluding carboxylic acids is 2. The highest BCUT2D eigenvalue weighted by Crippen LogP contribution is 2.38. The molecule has 1 heterocycles. The monoisotopic (exact) mass is 512 g/mol. The molecule has 0 aromatic rings. The lowest BCUT2D eigenvalue weighted by molar-refractivity contribution is -0.171. The fourth-order valence-electron chi connectivity index (χ4n) is 3.03. The van der Waals surface area contributed by atoms with Gasteiger partial charge in [-0.15, -0.1) is 0 Å². The largest absolute Gasteiger partial charge is 0.455 e. The summed E-state index contributed by atoms with van der Waals surface area (Å²) in [6.45, 7) is 22.4. The molecule has 0 amide bonds. The van der Waals surface area contributed by atoms with Crippen molar-refractivity contribution in [3.8, 4) is 0 Å². The first-order valence-electron chi connectivity index (χ1n) is 12.6. The molecule has 202 valence electrons. The highest BCUT2D eigenvalue weighted by atomic mass is 28.4. The molecule has 8 heteroatoms. The summed E-state index contributed by atoms with van der Waals surface area (Å²) < 4.78 is 29.9. The van der Waals surface area contributed by atoms with E-state index < -0.39 is 38.5 Å². The number of esters is 1. The van der Waals surface area contributed by atoms with Gasteiger partial charge in [0.25, 0.3) is 0 Å². The molecule has 0 bridgehead atoms. The Kier molecular flexibility index (Phi) is 12.0. The minimum atomic E-state index is -2.08. The standard InChI is InChI=1S/C27H48O7Si/c1-12-30-20(3)31-21(19(2)18-28)14-13-15-22-23(33-25(29)26(4,5)6)16-17-24(32-22)34-35(10,11)27(7,8)9/h13,15-24H,12,14H2,1-11H3/b15-13+/t19-,20?,21-,22-,23-,24?/m0/s1. The molecule has 0 fully saturated rings. The van der Waals surface area contributed by atoms with Crippen molar-refractivity contribution >= 4 is 20.6 Å². The summed E-state index contributed by atoms with van der Waals surface area (Å²) in [7, 11) is -2.08. The van der Waals surface area contributed by atoms with Crippen molar-refractivity contribution in [2.45, 2.75) is 118 Å². The van der Waals surface area contributed by atoms with E-state index in [4.69, 9.17) is 23.4 Å². The van der Waals surface area contributed by atoms with E-state index in [1.165, 1.54) is 0 Å². The van der Waals surface area contributed by atoms with E-state index in [-0.39, 0.29) is 23.0 Å². The van der Waals surface area contributed by atoms with Crippen molar-refractivity contribution in [1.82, 2.24) is 0 Å². The molecule has 35 heavy (non-hydrogen) atoms. The third-order valence-electron chi connectivity index (χ3n) is 6.41. The Labute approximate surface area is 213 Å². The van der Waals surface area contributed by atoms with Crippen LogP contribution >= 0.6 is 0 Å². The molecule has 0 spiro atoms. The zero-order valence-corrected chi connectivity index (χ0v) is 24.6. The van der Waals surface area contributed by atoms with Gasteiger partial charge in [0.05, 0.1) is 11.5 Å². The molecule has 0 saturated heterocycles. The van der Waals surface area contributed by atoms with Gasteiger partial charge in [-0.25, -0.2) is 0 Å². The first-order valence-corrected chi connectivity index (χ1v) is 15.5.